The fourth-order valence-corrected chi connectivity index (χ4v) is 1.58. The van der Waals surface area contributed by atoms with Crippen molar-refractivity contribution in [3.05, 3.63) is 0 Å². The molecule has 0 radical (unpaired) electrons. The number of nitrogens with one attached hydrogen (secondary N) is 1. The standard InChI is InChI=1S/C9H21NO3S/c1-8(2)9(7-13-3)10-5-6-14(4,11)12/h8-10H,5-7H2,1-4H3. The average molecular weight is 223 g/mol. The van der Waals surface area contributed by atoms with Crippen LogP contribution in [0.3, 0.4) is 0 Å². The van der Waals surface area contributed by atoms with Crippen molar-refractivity contribution in [2.24, 2.45) is 5.92 Å². The molecule has 0 heterocycles. The summed E-state index contributed by atoms with van der Waals surface area (Å²) in [6.45, 7) is 5.26. The minimum atomic E-state index is -2.86. The van der Waals surface area contributed by atoms with Gasteiger partial charge in [0.25, 0.3) is 0 Å². The highest BCUT2D eigenvalue weighted by molar-refractivity contribution is 7.90. The zero-order valence-corrected chi connectivity index (χ0v) is 10.2. The van der Waals surface area contributed by atoms with Crippen molar-refractivity contribution < 1.29 is 13.2 Å². The fourth-order valence-electron chi connectivity index (χ4n) is 1.10. The van der Waals surface area contributed by atoms with Gasteiger partial charge in [0.2, 0.25) is 0 Å². The van der Waals surface area contributed by atoms with E-state index in [0.29, 0.717) is 19.1 Å². The Bertz CT molecular complexity index is 236. The summed E-state index contributed by atoms with van der Waals surface area (Å²) in [5, 5.41) is 3.17. The maximum Gasteiger partial charge on any atom is 0.148 e. The first-order valence-electron chi connectivity index (χ1n) is 4.77. The zero-order chi connectivity index (χ0) is 11.2. The molecular formula is C9H21NO3S. The van der Waals surface area contributed by atoms with Crippen LogP contribution in [-0.4, -0.2) is 46.7 Å². The Labute approximate surface area is 86.9 Å². The lowest BCUT2D eigenvalue weighted by atomic mass is 10.1. The molecule has 0 saturated heterocycles. The Morgan fingerprint density at radius 2 is 1.93 bits per heavy atom. The van der Waals surface area contributed by atoms with E-state index >= 15 is 0 Å². The highest BCUT2D eigenvalue weighted by atomic mass is 32.2. The molecule has 0 bridgehead atoms. The van der Waals surface area contributed by atoms with Crippen molar-refractivity contribution in [3.63, 3.8) is 0 Å². The Morgan fingerprint density at radius 1 is 1.36 bits per heavy atom. The predicted molar refractivity (Wildman–Crippen MR) is 58.2 cm³/mol. The zero-order valence-electron chi connectivity index (χ0n) is 9.41. The van der Waals surface area contributed by atoms with Crippen LogP contribution in [0.2, 0.25) is 0 Å². The first-order valence-corrected chi connectivity index (χ1v) is 6.83. The highest BCUT2D eigenvalue weighted by Gasteiger charge is 2.12. The number of hydrogen-bond acceptors (Lipinski definition) is 4. The topological polar surface area (TPSA) is 55.4 Å². The van der Waals surface area contributed by atoms with E-state index in [2.05, 4.69) is 19.2 Å². The van der Waals surface area contributed by atoms with E-state index in [-0.39, 0.29) is 11.8 Å². The van der Waals surface area contributed by atoms with E-state index in [1.807, 2.05) is 0 Å². The van der Waals surface area contributed by atoms with E-state index in [1.54, 1.807) is 7.11 Å². The van der Waals surface area contributed by atoms with Crippen LogP contribution in [0.4, 0.5) is 0 Å². The van der Waals surface area contributed by atoms with Crippen LogP contribution in [0.15, 0.2) is 0 Å². The van der Waals surface area contributed by atoms with Gasteiger partial charge >= 0.3 is 0 Å². The fraction of sp³-hybridized carbons (Fsp3) is 1.00. The lowest BCUT2D eigenvalue weighted by molar-refractivity contribution is 0.148. The van der Waals surface area contributed by atoms with Gasteiger partial charge in [0.15, 0.2) is 0 Å². The van der Waals surface area contributed by atoms with Gasteiger partial charge in [-0.1, -0.05) is 13.8 Å². The summed E-state index contributed by atoms with van der Waals surface area (Å²) in [5.74, 6) is 0.620. The van der Waals surface area contributed by atoms with Gasteiger partial charge < -0.3 is 10.1 Å². The molecule has 0 spiro atoms. The second-order valence-electron chi connectivity index (χ2n) is 3.89. The van der Waals surface area contributed by atoms with E-state index in [4.69, 9.17) is 4.74 Å². The summed E-state index contributed by atoms with van der Waals surface area (Å²) in [6.07, 6.45) is 1.25. The van der Waals surface area contributed by atoms with Gasteiger partial charge in [0.1, 0.15) is 9.84 Å². The second-order valence-corrected chi connectivity index (χ2v) is 6.15. The first kappa shape index (κ1) is 13.9. The van der Waals surface area contributed by atoms with Crippen LogP contribution < -0.4 is 5.32 Å². The molecule has 1 N–H and O–H groups in total. The van der Waals surface area contributed by atoms with Gasteiger partial charge in [-0.25, -0.2) is 8.42 Å². The highest BCUT2D eigenvalue weighted by Crippen LogP contribution is 2.01. The molecule has 0 fully saturated rings. The van der Waals surface area contributed by atoms with E-state index in [9.17, 15) is 8.42 Å². The third-order valence-electron chi connectivity index (χ3n) is 2.03. The van der Waals surface area contributed by atoms with Crippen LogP contribution in [-0.2, 0) is 14.6 Å². The number of hydrogen-bond donors (Lipinski definition) is 1. The molecule has 0 aliphatic rings. The summed E-state index contributed by atoms with van der Waals surface area (Å²) in [6, 6.07) is 0.224. The Kier molecular flexibility index (Phi) is 6.31. The number of methoxy groups -OCH3 is 1. The summed E-state index contributed by atoms with van der Waals surface area (Å²) in [5.41, 5.74) is 0. The summed E-state index contributed by atoms with van der Waals surface area (Å²) < 4.78 is 26.8. The van der Waals surface area contributed by atoms with Crippen LogP contribution in [0.1, 0.15) is 13.8 Å². The number of ether oxygens (including phenoxy) is 1. The largest absolute Gasteiger partial charge is 0.383 e. The summed E-state index contributed by atoms with van der Waals surface area (Å²) >= 11 is 0. The van der Waals surface area contributed by atoms with Crippen LogP contribution in [0, 0.1) is 5.92 Å². The molecule has 0 rings (SSSR count). The summed E-state index contributed by atoms with van der Waals surface area (Å²) in [7, 11) is -1.22. The summed E-state index contributed by atoms with van der Waals surface area (Å²) in [4.78, 5) is 0. The average Bonchev–Trinajstić information content (AvgIpc) is 2.00. The molecule has 14 heavy (non-hydrogen) atoms. The second kappa shape index (κ2) is 6.37. The van der Waals surface area contributed by atoms with Gasteiger partial charge in [0.05, 0.1) is 12.4 Å². The Balaban J connectivity index is 3.83. The third-order valence-corrected chi connectivity index (χ3v) is 2.98. The van der Waals surface area contributed by atoms with Gasteiger partial charge in [-0.05, 0) is 5.92 Å². The van der Waals surface area contributed by atoms with Crippen molar-refractivity contribution >= 4 is 9.84 Å². The van der Waals surface area contributed by atoms with Crippen molar-refractivity contribution in [2.45, 2.75) is 19.9 Å². The smallest absolute Gasteiger partial charge is 0.148 e. The van der Waals surface area contributed by atoms with Crippen molar-refractivity contribution in [1.82, 2.24) is 5.32 Å². The predicted octanol–water partition coefficient (Wildman–Crippen LogP) is 0.292. The van der Waals surface area contributed by atoms with Crippen molar-refractivity contribution in [3.8, 4) is 0 Å². The first-order chi connectivity index (χ1) is 6.37. The van der Waals surface area contributed by atoms with E-state index < -0.39 is 9.84 Å². The minimum absolute atomic E-state index is 0.180. The molecule has 5 heteroatoms. The molecule has 0 aliphatic carbocycles. The minimum Gasteiger partial charge on any atom is -0.383 e. The van der Waals surface area contributed by atoms with Crippen molar-refractivity contribution in [2.75, 3.05) is 32.3 Å². The third kappa shape index (κ3) is 7.29. The normalized spacial score (nSPS) is 14.6. The van der Waals surface area contributed by atoms with Crippen LogP contribution in [0.25, 0.3) is 0 Å². The molecule has 86 valence electrons. The van der Waals surface area contributed by atoms with Gasteiger partial charge in [-0.3, -0.25) is 0 Å². The lowest BCUT2D eigenvalue weighted by Crippen LogP contribution is -2.40. The number of rotatable bonds is 7. The van der Waals surface area contributed by atoms with Crippen LogP contribution in [0.5, 0.6) is 0 Å². The maximum atomic E-state index is 10.9. The quantitative estimate of drug-likeness (QED) is 0.674. The Morgan fingerprint density at radius 3 is 2.29 bits per heavy atom. The molecule has 0 aromatic heterocycles. The molecular weight excluding hydrogens is 202 g/mol. The van der Waals surface area contributed by atoms with E-state index in [1.165, 1.54) is 6.26 Å². The number of sulfone groups is 1. The van der Waals surface area contributed by atoms with Gasteiger partial charge in [-0.15, -0.1) is 0 Å². The molecule has 0 aliphatic heterocycles. The molecule has 4 nitrogen and oxygen atoms in total. The molecule has 0 aromatic carbocycles. The van der Waals surface area contributed by atoms with E-state index in [0.717, 1.165) is 0 Å². The van der Waals surface area contributed by atoms with Crippen LogP contribution >= 0.6 is 0 Å². The molecule has 1 atom stereocenters. The monoisotopic (exact) mass is 223 g/mol. The Hall–Kier alpha value is -0.130. The van der Waals surface area contributed by atoms with Gasteiger partial charge in [-0.2, -0.15) is 0 Å². The SMILES string of the molecule is COCC(NCCS(C)(=O)=O)C(C)C. The molecule has 0 aromatic rings. The molecule has 0 saturated carbocycles. The van der Waals surface area contributed by atoms with Gasteiger partial charge in [0, 0.05) is 26.0 Å². The molecule has 0 amide bonds. The lowest BCUT2D eigenvalue weighted by Gasteiger charge is -2.21. The van der Waals surface area contributed by atoms with Crippen molar-refractivity contribution in [1.29, 1.82) is 0 Å². The molecule has 1 unspecified atom stereocenters. The maximum absolute atomic E-state index is 10.9.